The second kappa shape index (κ2) is 7.98. The van der Waals surface area contributed by atoms with Crippen LogP contribution in [0.5, 0.6) is 11.5 Å². The Morgan fingerprint density at radius 1 is 1.12 bits per heavy atom. The van der Waals surface area contributed by atoms with Crippen molar-refractivity contribution in [3.05, 3.63) is 75.9 Å². The molecule has 0 spiro atoms. The van der Waals surface area contributed by atoms with Crippen LogP contribution in [-0.2, 0) is 4.79 Å². The van der Waals surface area contributed by atoms with E-state index in [1.807, 2.05) is 66.7 Å². The second-order valence-electron chi connectivity index (χ2n) is 5.27. The maximum atomic E-state index is 12.6. The van der Waals surface area contributed by atoms with Crippen LogP contribution < -0.4 is 10.1 Å². The molecule has 1 unspecified atom stereocenters. The van der Waals surface area contributed by atoms with Crippen molar-refractivity contribution in [1.82, 2.24) is 0 Å². The van der Waals surface area contributed by atoms with Gasteiger partial charge in [0.15, 0.2) is 5.75 Å². The van der Waals surface area contributed by atoms with Crippen LogP contribution in [-0.4, -0.2) is 10.7 Å². The highest BCUT2D eigenvalue weighted by molar-refractivity contribution is 14.1. The Labute approximate surface area is 163 Å². The van der Waals surface area contributed by atoms with Crippen molar-refractivity contribution >= 4 is 50.1 Å². The molecule has 0 fully saturated rings. The van der Waals surface area contributed by atoms with Gasteiger partial charge in [0, 0.05) is 14.0 Å². The number of hydrogen-bond acceptors (Lipinski definition) is 2. The number of para-hydroxylation sites is 3. The Balaban J connectivity index is 1.81. The molecule has 0 radical (unpaired) electrons. The van der Waals surface area contributed by atoms with Crippen LogP contribution in [0, 0.1) is 0 Å². The van der Waals surface area contributed by atoms with Crippen LogP contribution in [0.1, 0.15) is 6.42 Å². The minimum absolute atomic E-state index is 0.0997. The van der Waals surface area contributed by atoms with Gasteiger partial charge in [-0.1, -0.05) is 58.4 Å². The molecule has 0 aromatic heterocycles. The molecule has 0 saturated carbocycles. The predicted molar refractivity (Wildman–Crippen MR) is 109 cm³/mol. The molecule has 2 aromatic rings. The van der Waals surface area contributed by atoms with E-state index in [-0.39, 0.29) is 10.7 Å². The van der Waals surface area contributed by atoms with Crippen molar-refractivity contribution in [3.63, 3.8) is 0 Å². The molecule has 1 amide bonds. The van der Waals surface area contributed by atoms with Crippen LogP contribution >= 0.6 is 38.5 Å². The first kappa shape index (κ1) is 17.2. The number of ether oxygens (including phenoxy) is 1. The van der Waals surface area contributed by atoms with E-state index in [0.29, 0.717) is 17.9 Å². The van der Waals surface area contributed by atoms with Crippen molar-refractivity contribution < 1.29 is 9.53 Å². The van der Waals surface area contributed by atoms with Crippen LogP contribution in [0.25, 0.3) is 0 Å². The topological polar surface area (TPSA) is 38.3 Å². The molecule has 1 atom stereocenters. The summed E-state index contributed by atoms with van der Waals surface area (Å²) in [6.45, 7) is 0. The Hall–Kier alpha value is -1.60. The van der Waals surface area contributed by atoms with Gasteiger partial charge in [0.2, 0.25) is 0 Å². The highest BCUT2D eigenvalue weighted by Gasteiger charge is 2.20. The molecule has 0 saturated heterocycles. The molecular formula is C19H15BrINO2. The van der Waals surface area contributed by atoms with Crippen molar-refractivity contribution in [3.8, 4) is 11.5 Å². The van der Waals surface area contributed by atoms with Gasteiger partial charge >= 0.3 is 0 Å². The second-order valence-corrected chi connectivity index (χ2v) is 7.61. The third-order valence-electron chi connectivity index (χ3n) is 3.52. The zero-order valence-electron chi connectivity index (χ0n) is 12.7. The van der Waals surface area contributed by atoms with Gasteiger partial charge in [-0.2, -0.15) is 0 Å². The maximum Gasteiger partial charge on any atom is 0.252 e. The van der Waals surface area contributed by atoms with Gasteiger partial charge in [-0.05, 0) is 53.3 Å². The molecule has 1 aliphatic rings. The number of rotatable bonds is 4. The lowest BCUT2D eigenvalue weighted by Gasteiger charge is -2.17. The van der Waals surface area contributed by atoms with Crippen LogP contribution in [0.2, 0.25) is 0 Å². The third kappa shape index (κ3) is 4.27. The molecule has 24 heavy (non-hydrogen) atoms. The molecule has 2 aromatic carbocycles. The van der Waals surface area contributed by atoms with Crippen LogP contribution in [0.3, 0.4) is 0 Å². The number of benzene rings is 2. The largest absolute Gasteiger partial charge is 0.455 e. The van der Waals surface area contributed by atoms with Gasteiger partial charge in [0.05, 0.1) is 5.69 Å². The highest BCUT2D eigenvalue weighted by Crippen LogP contribution is 2.32. The van der Waals surface area contributed by atoms with Gasteiger partial charge in [-0.25, -0.2) is 0 Å². The van der Waals surface area contributed by atoms with Gasteiger partial charge in [0.25, 0.3) is 5.91 Å². The number of nitrogens with one attached hydrogen (secondary N) is 1. The summed E-state index contributed by atoms with van der Waals surface area (Å²) in [5.41, 5.74) is 1.43. The molecule has 0 bridgehead atoms. The number of carbonyl (C=O) groups excluding carboxylic acids is 1. The Kier molecular flexibility index (Phi) is 5.73. The third-order valence-corrected chi connectivity index (χ3v) is 5.16. The summed E-state index contributed by atoms with van der Waals surface area (Å²) in [4.78, 5) is 12.8. The SMILES string of the molecule is O=C(Nc1ccccc1Oc1ccccc1)C1=C(I)C=CC(Br)C1. The van der Waals surface area contributed by atoms with E-state index in [1.165, 1.54) is 0 Å². The van der Waals surface area contributed by atoms with Crippen LogP contribution in [0.4, 0.5) is 5.69 Å². The fourth-order valence-electron chi connectivity index (χ4n) is 2.32. The first-order valence-electron chi connectivity index (χ1n) is 7.47. The van der Waals surface area contributed by atoms with E-state index in [9.17, 15) is 4.79 Å². The van der Waals surface area contributed by atoms with Crippen molar-refractivity contribution in [1.29, 1.82) is 0 Å². The lowest BCUT2D eigenvalue weighted by atomic mass is 10.0. The summed E-state index contributed by atoms with van der Waals surface area (Å²) in [5, 5.41) is 2.97. The fraction of sp³-hybridized carbons (Fsp3) is 0.105. The molecule has 3 rings (SSSR count). The zero-order valence-corrected chi connectivity index (χ0v) is 16.5. The standard InChI is InChI=1S/C19H15BrINO2/c20-13-10-11-16(21)15(12-13)19(23)22-17-8-4-5-9-18(17)24-14-6-2-1-3-7-14/h1-11,13H,12H2,(H,22,23). The van der Waals surface area contributed by atoms with E-state index >= 15 is 0 Å². The number of allylic oxidation sites excluding steroid dienone is 3. The lowest BCUT2D eigenvalue weighted by molar-refractivity contribution is -0.113. The number of anilines is 1. The average Bonchev–Trinajstić information content (AvgIpc) is 2.59. The van der Waals surface area contributed by atoms with Gasteiger partial charge in [0.1, 0.15) is 5.75 Å². The van der Waals surface area contributed by atoms with Crippen molar-refractivity contribution in [2.75, 3.05) is 5.32 Å². The maximum absolute atomic E-state index is 12.6. The minimum Gasteiger partial charge on any atom is -0.455 e. The minimum atomic E-state index is -0.0997. The summed E-state index contributed by atoms with van der Waals surface area (Å²) in [5.74, 6) is 1.25. The highest BCUT2D eigenvalue weighted by atomic mass is 127. The molecule has 0 aliphatic heterocycles. The van der Waals surface area contributed by atoms with E-state index < -0.39 is 0 Å². The van der Waals surface area contributed by atoms with E-state index in [4.69, 9.17) is 4.74 Å². The van der Waals surface area contributed by atoms with Gasteiger partial charge in [-0.15, -0.1) is 0 Å². The summed E-state index contributed by atoms with van der Waals surface area (Å²) < 4.78 is 6.85. The summed E-state index contributed by atoms with van der Waals surface area (Å²) in [7, 11) is 0. The molecule has 122 valence electrons. The number of carbonyl (C=O) groups is 1. The summed E-state index contributed by atoms with van der Waals surface area (Å²) in [6.07, 6.45) is 4.68. The molecule has 3 nitrogen and oxygen atoms in total. The number of halogens is 2. The predicted octanol–water partition coefficient (Wildman–Crippen LogP) is 5.83. The first-order valence-corrected chi connectivity index (χ1v) is 9.47. The van der Waals surface area contributed by atoms with Crippen molar-refractivity contribution in [2.45, 2.75) is 11.2 Å². The Morgan fingerprint density at radius 2 is 1.83 bits per heavy atom. The van der Waals surface area contributed by atoms with E-state index in [0.717, 1.165) is 14.9 Å². The fourth-order valence-corrected chi connectivity index (χ4v) is 3.47. The van der Waals surface area contributed by atoms with Gasteiger partial charge < -0.3 is 10.1 Å². The monoisotopic (exact) mass is 495 g/mol. The van der Waals surface area contributed by atoms with Crippen molar-refractivity contribution in [2.24, 2.45) is 0 Å². The van der Waals surface area contributed by atoms with E-state index in [2.05, 4.69) is 43.8 Å². The number of hydrogen-bond donors (Lipinski definition) is 1. The van der Waals surface area contributed by atoms with E-state index in [1.54, 1.807) is 0 Å². The number of alkyl halides is 1. The normalized spacial score (nSPS) is 16.8. The average molecular weight is 496 g/mol. The molecule has 1 N–H and O–H groups in total. The lowest BCUT2D eigenvalue weighted by Crippen LogP contribution is -2.19. The Morgan fingerprint density at radius 3 is 2.62 bits per heavy atom. The Bertz CT molecular complexity index is 802. The molecule has 0 heterocycles. The van der Waals surface area contributed by atoms with Crippen LogP contribution in [0.15, 0.2) is 75.9 Å². The summed E-state index contributed by atoms with van der Waals surface area (Å²) >= 11 is 5.73. The molecule has 5 heteroatoms. The zero-order chi connectivity index (χ0) is 16.9. The summed E-state index contributed by atoms with van der Waals surface area (Å²) in [6, 6.07) is 17.0. The molecule has 1 aliphatic carbocycles. The first-order chi connectivity index (χ1) is 11.6. The van der Waals surface area contributed by atoms with Gasteiger partial charge in [-0.3, -0.25) is 4.79 Å². The smallest absolute Gasteiger partial charge is 0.252 e. The molecular weight excluding hydrogens is 481 g/mol. The quantitative estimate of drug-likeness (QED) is 0.428. The number of amides is 1.